The van der Waals surface area contributed by atoms with Crippen molar-refractivity contribution in [3.8, 4) is 5.75 Å². The number of methoxy groups -OCH3 is 1. The second-order valence-electron chi connectivity index (χ2n) is 7.09. The predicted octanol–water partition coefficient (Wildman–Crippen LogP) is 3.97. The molecular weight excluding hydrogens is 396 g/mol. The fourth-order valence-corrected chi connectivity index (χ4v) is 4.30. The van der Waals surface area contributed by atoms with Gasteiger partial charge in [-0.15, -0.1) is 11.3 Å². The number of carbonyl (C=O) groups is 2. The third kappa shape index (κ3) is 4.73. The smallest absolute Gasteiger partial charge is 0.349 e. The first kappa shape index (κ1) is 20.8. The van der Waals surface area contributed by atoms with Crippen LogP contribution in [-0.4, -0.2) is 30.0 Å². The Hall–Kier alpha value is -2.94. The summed E-state index contributed by atoms with van der Waals surface area (Å²) in [5.41, 5.74) is 1.29. The van der Waals surface area contributed by atoms with Gasteiger partial charge in [-0.05, 0) is 49.8 Å². The molecule has 2 atom stereocenters. The molecule has 0 radical (unpaired) electrons. The molecule has 8 nitrogen and oxygen atoms in total. The molecule has 0 fully saturated rings. The van der Waals surface area contributed by atoms with Gasteiger partial charge in [0.25, 0.3) is 11.6 Å². The summed E-state index contributed by atoms with van der Waals surface area (Å²) in [6, 6.07) is 5.70. The van der Waals surface area contributed by atoms with Crippen molar-refractivity contribution in [2.75, 3.05) is 12.4 Å². The number of thiophene rings is 1. The van der Waals surface area contributed by atoms with Gasteiger partial charge < -0.3 is 14.8 Å². The summed E-state index contributed by atoms with van der Waals surface area (Å²) in [5, 5.41) is 13.4. The van der Waals surface area contributed by atoms with Gasteiger partial charge in [0.05, 0.1) is 23.8 Å². The van der Waals surface area contributed by atoms with Crippen LogP contribution >= 0.6 is 11.3 Å². The molecule has 154 valence electrons. The molecule has 0 saturated heterocycles. The second-order valence-corrected chi connectivity index (χ2v) is 8.22. The van der Waals surface area contributed by atoms with Crippen molar-refractivity contribution in [1.82, 2.24) is 0 Å². The molecule has 1 amide bonds. The Morgan fingerprint density at radius 2 is 2.10 bits per heavy atom. The number of rotatable bonds is 6. The number of hydrogen-bond acceptors (Lipinski definition) is 7. The summed E-state index contributed by atoms with van der Waals surface area (Å²) in [7, 11) is 1.34. The molecule has 0 saturated carbocycles. The molecule has 1 aromatic heterocycles. The van der Waals surface area contributed by atoms with E-state index in [0.29, 0.717) is 10.8 Å². The summed E-state index contributed by atoms with van der Waals surface area (Å²) in [6.07, 6.45) is 1.98. The number of carbonyl (C=O) groups excluding carboxylic acids is 2. The molecule has 3 rings (SSSR count). The second kappa shape index (κ2) is 8.60. The maximum absolute atomic E-state index is 12.5. The molecule has 9 heteroatoms. The van der Waals surface area contributed by atoms with Gasteiger partial charge in [-0.25, -0.2) is 4.79 Å². The van der Waals surface area contributed by atoms with Crippen LogP contribution in [-0.2, 0) is 22.4 Å². The Morgan fingerprint density at radius 3 is 2.79 bits per heavy atom. The Kier molecular flexibility index (Phi) is 6.17. The molecule has 1 aliphatic rings. The number of anilines is 1. The number of nitro benzene ring substituents is 1. The van der Waals surface area contributed by atoms with E-state index >= 15 is 0 Å². The minimum atomic E-state index is -1.04. The van der Waals surface area contributed by atoms with Crippen LogP contribution in [0.25, 0.3) is 0 Å². The highest BCUT2D eigenvalue weighted by Gasteiger charge is 2.25. The average Bonchev–Trinajstić information content (AvgIpc) is 3.11. The van der Waals surface area contributed by atoms with Crippen molar-refractivity contribution in [2.45, 2.75) is 39.2 Å². The zero-order valence-electron chi connectivity index (χ0n) is 16.4. The lowest BCUT2D eigenvalue weighted by molar-refractivity contribution is -0.384. The summed E-state index contributed by atoms with van der Waals surface area (Å²) in [5.74, 6) is -0.343. The van der Waals surface area contributed by atoms with E-state index in [0.717, 1.165) is 19.3 Å². The maximum Gasteiger partial charge on any atom is 0.349 e. The van der Waals surface area contributed by atoms with Gasteiger partial charge in [-0.1, -0.05) is 6.92 Å². The predicted molar refractivity (Wildman–Crippen MR) is 109 cm³/mol. The van der Waals surface area contributed by atoms with Gasteiger partial charge in [-0.2, -0.15) is 0 Å². The van der Waals surface area contributed by atoms with Crippen LogP contribution in [0.3, 0.4) is 0 Å². The largest absolute Gasteiger partial charge is 0.494 e. The van der Waals surface area contributed by atoms with Gasteiger partial charge in [0.2, 0.25) is 0 Å². The van der Waals surface area contributed by atoms with Crippen LogP contribution in [0.2, 0.25) is 0 Å². The molecule has 2 aromatic rings. The fraction of sp³-hybridized carbons (Fsp3) is 0.400. The first-order chi connectivity index (χ1) is 13.8. The lowest BCUT2D eigenvalue weighted by Crippen LogP contribution is -2.30. The van der Waals surface area contributed by atoms with E-state index in [9.17, 15) is 19.7 Å². The first-order valence-corrected chi connectivity index (χ1v) is 10.1. The summed E-state index contributed by atoms with van der Waals surface area (Å²) >= 11 is 1.42. The van der Waals surface area contributed by atoms with Gasteiger partial charge in [0.15, 0.2) is 6.10 Å². The Bertz CT molecular complexity index is 954. The minimum absolute atomic E-state index is 0.145. The van der Waals surface area contributed by atoms with Crippen LogP contribution < -0.4 is 10.1 Å². The maximum atomic E-state index is 12.5. The van der Waals surface area contributed by atoms with Crippen molar-refractivity contribution >= 4 is 34.6 Å². The molecule has 1 aliphatic carbocycles. The summed E-state index contributed by atoms with van der Waals surface area (Å²) in [6.45, 7) is 3.66. The zero-order chi connectivity index (χ0) is 21.1. The number of aryl methyl sites for hydroxylation is 1. The highest BCUT2D eigenvalue weighted by molar-refractivity contribution is 7.14. The number of esters is 1. The number of non-ortho nitro benzene ring substituents is 1. The Labute approximate surface area is 172 Å². The monoisotopic (exact) mass is 418 g/mol. The molecule has 0 bridgehead atoms. The number of ether oxygens (including phenoxy) is 2. The van der Waals surface area contributed by atoms with E-state index in [-0.39, 0.29) is 17.1 Å². The number of nitrogens with one attached hydrogen (secondary N) is 1. The van der Waals surface area contributed by atoms with Gasteiger partial charge in [0, 0.05) is 10.9 Å². The molecule has 1 N–H and O–H groups in total. The summed E-state index contributed by atoms with van der Waals surface area (Å²) in [4.78, 5) is 36.9. The van der Waals surface area contributed by atoms with Crippen LogP contribution in [0.5, 0.6) is 5.75 Å². The number of hydrogen-bond donors (Lipinski definition) is 1. The number of amides is 1. The highest BCUT2D eigenvalue weighted by atomic mass is 32.1. The molecule has 0 aliphatic heterocycles. The van der Waals surface area contributed by atoms with E-state index in [1.807, 2.05) is 6.07 Å². The quantitative estimate of drug-likeness (QED) is 0.432. The van der Waals surface area contributed by atoms with E-state index in [1.165, 1.54) is 54.0 Å². The third-order valence-corrected chi connectivity index (χ3v) is 6.05. The fourth-order valence-electron chi connectivity index (χ4n) is 3.21. The lowest BCUT2D eigenvalue weighted by Gasteiger charge is -2.16. The van der Waals surface area contributed by atoms with E-state index in [2.05, 4.69) is 12.2 Å². The van der Waals surface area contributed by atoms with Crippen LogP contribution in [0.15, 0.2) is 24.3 Å². The lowest BCUT2D eigenvalue weighted by atomic mass is 9.90. The van der Waals surface area contributed by atoms with E-state index < -0.39 is 22.9 Å². The standard InChI is InChI=1S/C20H22N2O6S/c1-11-4-7-17-13(8-11)9-18(29-17)20(24)28-12(2)19(23)21-15-6-5-14(22(25)26)10-16(15)27-3/h5-6,9-12H,4,7-8H2,1-3H3,(H,21,23)/t11-,12-/m0/s1. The number of benzene rings is 1. The molecule has 0 spiro atoms. The van der Waals surface area contributed by atoms with Crippen molar-refractivity contribution in [3.05, 3.63) is 49.7 Å². The van der Waals surface area contributed by atoms with Crippen LogP contribution in [0, 0.1) is 16.0 Å². The number of fused-ring (bicyclic) bond motifs is 1. The molecule has 1 aromatic carbocycles. The normalized spacial score (nSPS) is 16.4. The number of nitrogens with zero attached hydrogens (tertiary/aromatic N) is 1. The van der Waals surface area contributed by atoms with Crippen molar-refractivity contribution in [3.63, 3.8) is 0 Å². The molecular formula is C20H22N2O6S. The first-order valence-electron chi connectivity index (χ1n) is 9.24. The zero-order valence-corrected chi connectivity index (χ0v) is 17.2. The van der Waals surface area contributed by atoms with Crippen molar-refractivity contribution < 1.29 is 24.0 Å². The number of nitro groups is 1. The highest BCUT2D eigenvalue weighted by Crippen LogP contribution is 2.33. The average molecular weight is 418 g/mol. The van der Waals surface area contributed by atoms with E-state index in [1.54, 1.807) is 0 Å². The van der Waals surface area contributed by atoms with Crippen LogP contribution in [0.4, 0.5) is 11.4 Å². The van der Waals surface area contributed by atoms with Crippen molar-refractivity contribution in [1.29, 1.82) is 0 Å². The topological polar surface area (TPSA) is 108 Å². The summed E-state index contributed by atoms with van der Waals surface area (Å²) < 4.78 is 10.4. The third-order valence-electron chi connectivity index (χ3n) is 4.84. The Morgan fingerprint density at radius 1 is 1.34 bits per heavy atom. The van der Waals surface area contributed by atoms with Gasteiger partial charge in [0.1, 0.15) is 10.6 Å². The Balaban J connectivity index is 1.65. The van der Waals surface area contributed by atoms with Gasteiger partial charge in [-0.3, -0.25) is 14.9 Å². The van der Waals surface area contributed by atoms with Crippen molar-refractivity contribution in [2.24, 2.45) is 5.92 Å². The van der Waals surface area contributed by atoms with Gasteiger partial charge >= 0.3 is 5.97 Å². The van der Waals surface area contributed by atoms with Crippen LogP contribution in [0.1, 0.15) is 40.4 Å². The SMILES string of the molecule is COc1cc([N+](=O)[O-])ccc1NC(=O)[C@H](C)OC(=O)c1cc2c(s1)CC[C@H](C)C2. The molecule has 29 heavy (non-hydrogen) atoms. The molecule has 0 unspecified atom stereocenters. The molecule has 1 heterocycles. The van der Waals surface area contributed by atoms with E-state index in [4.69, 9.17) is 9.47 Å². The minimum Gasteiger partial charge on any atom is -0.494 e.